The normalized spacial score (nSPS) is 14.2. The maximum absolute atomic E-state index is 5.74. The van der Waals surface area contributed by atoms with Gasteiger partial charge in [-0.3, -0.25) is 0 Å². The average molecular weight is 232 g/mol. The molecular formula is C12H28O2Si. The summed E-state index contributed by atoms with van der Waals surface area (Å²) in [6.45, 7) is 6.72. The van der Waals surface area contributed by atoms with Gasteiger partial charge in [-0.15, -0.1) is 0 Å². The molecular weight excluding hydrogens is 204 g/mol. The molecule has 0 fully saturated rings. The van der Waals surface area contributed by atoms with Gasteiger partial charge in [0, 0.05) is 14.2 Å². The SMILES string of the molecule is CCCCCC[Si](OC)(OC)C(C)CC. The Morgan fingerprint density at radius 3 is 2.00 bits per heavy atom. The van der Waals surface area contributed by atoms with E-state index in [2.05, 4.69) is 20.8 Å². The molecule has 0 bridgehead atoms. The van der Waals surface area contributed by atoms with Gasteiger partial charge in [0.15, 0.2) is 0 Å². The van der Waals surface area contributed by atoms with Crippen molar-refractivity contribution in [3.05, 3.63) is 0 Å². The molecule has 0 heterocycles. The fourth-order valence-electron chi connectivity index (χ4n) is 2.05. The van der Waals surface area contributed by atoms with Gasteiger partial charge in [0.2, 0.25) is 0 Å². The topological polar surface area (TPSA) is 18.5 Å². The van der Waals surface area contributed by atoms with Crippen LogP contribution in [0.15, 0.2) is 0 Å². The van der Waals surface area contributed by atoms with Crippen molar-refractivity contribution in [1.82, 2.24) is 0 Å². The minimum atomic E-state index is -1.90. The number of rotatable bonds is 9. The summed E-state index contributed by atoms with van der Waals surface area (Å²) in [6.07, 6.45) is 6.35. The molecule has 0 amide bonds. The van der Waals surface area contributed by atoms with Gasteiger partial charge in [0.05, 0.1) is 0 Å². The van der Waals surface area contributed by atoms with E-state index in [1.54, 1.807) is 0 Å². The predicted molar refractivity (Wildman–Crippen MR) is 68.4 cm³/mol. The van der Waals surface area contributed by atoms with Crippen LogP contribution < -0.4 is 0 Å². The molecule has 1 unspecified atom stereocenters. The number of unbranched alkanes of at least 4 members (excludes halogenated alkanes) is 3. The summed E-state index contributed by atoms with van der Waals surface area (Å²) in [7, 11) is 1.75. The Morgan fingerprint density at radius 2 is 1.60 bits per heavy atom. The van der Waals surface area contributed by atoms with E-state index in [0.29, 0.717) is 5.54 Å². The first-order chi connectivity index (χ1) is 7.16. The van der Waals surface area contributed by atoms with Gasteiger partial charge in [0.25, 0.3) is 0 Å². The van der Waals surface area contributed by atoms with Gasteiger partial charge in [-0.25, -0.2) is 0 Å². The van der Waals surface area contributed by atoms with Crippen molar-refractivity contribution in [3.63, 3.8) is 0 Å². The minimum absolute atomic E-state index is 0.592. The lowest BCUT2D eigenvalue weighted by atomic mass is 10.2. The van der Waals surface area contributed by atoms with Gasteiger partial charge in [0.1, 0.15) is 0 Å². The fraction of sp³-hybridized carbons (Fsp3) is 1.00. The lowest BCUT2D eigenvalue weighted by molar-refractivity contribution is 0.227. The quantitative estimate of drug-likeness (QED) is 0.440. The van der Waals surface area contributed by atoms with Gasteiger partial charge in [-0.1, -0.05) is 52.9 Å². The zero-order chi connectivity index (χ0) is 11.7. The van der Waals surface area contributed by atoms with E-state index in [9.17, 15) is 0 Å². The van der Waals surface area contributed by atoms with Gasteiger partial charge < -0.3 is 8.85 Å². The second-order valence-corrected chi connectivity index (χ2v) is 8.27. The first kappa shape index (κ1) is 15.1. The summed E-state index contributed by atoms with van der Waals surface area (Å²) in [4.78, 5) is 0. The molecule has 2 nitrogen and oxygen atoms in total. The van der Waals surface area contributed by atoms with E-state index >= 15 is 0 Å². The van der Waals surface area contributed by atoms with Crippen LogP contribution in [-0.4, -0.2) is 22.8 Å². The molecule has 0 saturated heterocycles. The molecule has 15 heavy (non-hydrogen) atoms. The molecule has 0 aliphatic carbocycles. The largest absolute Gasteiger partial charge is 0.397 e. The lowest BCUT2D eigenvalue weighted by Crippen LogP contribution is -2.43. The first-order valence-corrected chi connectivity index (χ1v) is 8.37. The van der Waals surface area contributed by atoms with Crippen LogP contribution in [0, 0.1) is 0 Å². The van der Waals surface area contributed by atoms with Crippen LogP contribution in [-0.2, 0) is 8.85 Å². The molecule has 0 spiro atoms. The Kier molecular flexibility index (Phi) is 8.38. The highest BCUT2D eigenvalue weighted by molar-refractivity contribution is 6.68. The van der Waals surface area contributed by atoms with Crippen molar-refractivity contribution >= 4 is 8.56 Å². The summed E-state index contributed by atoms with van der Waals surface area (Å²) >= 11 is 0. The molecule has 3 heteroatoms. The van der Waals surface area contributed by atoms with Crippen LogP contribution in [0.25, 0.3) is 0 Å². The molecule has 0 aliphatic heterocycles. The zero-order valence-electron chi connectivity index (χ0n) is 11.1. The Balaban J connectivity index is 4.12. The van der Waals surface area contributed by atoms with Gasteiger partial charge in [-0.2, -0.15) is 0 Å². The minimum Gasteiger partial charge on any atom is -0.397 e. The summed E-state index contributed by atoms with van der Waals surface area (Å²) in [5, 5.41) is 0. The molecule has 92 valence electrons. The Labute approximate surface area is 96.6 Å². The molecule has 0 N–H and O–H groups in total. The second kappa shape index (κ2) is 8.31. The number of hydrogen-bond acceptors (Lipinski definition) is 2. The van der Waals surface area contributed by atoms with Crippen molar-refractivity contribution in [3.8, 4) is 0 Å². The monoisotopic (exact) mass is 232 g/mol. The molecule has 0 aromatic heterocycles. The summed E-state index contributed by atoms with van der Waals surface area (Å²) in [6, 6.07) is 1.15. The van der Waals surface area contributed by atoms with Crippen LogP contribution in [0.5, 0.6) is 0 Å². The van der Waals surface area contributed by atoms with E-state index in [4.69, 9.17) is 8.85 Å². The van der Waals surface area contributed by atoms with Crippen LogP contribution in [0.2, 0.25) is 11.6 Å². The standard InChI is InChI=1S/C12H28O2Si/c1-6-8-9-10-11-15(13-4,14-5)12(3)7-2/h12H,6-11H2,1-5H3. The van der Waals surface area contributed by atoms with E-state index in [0.717, 1.165) is 12.5 Å². The maximum Gasteiger partial charge on any atom is 0.340 e. The van der Waals surface area contributed by atoms with Gasteiger partial charge in [-0.05, 0) is 11.6 Å². The predicted octanol–water partition coefficient (Wildman–Crippen LogP) is 4.10. The third kappa shape index (κ3) is 4.66. The van der Waals surface area contributed by atoms with E-state index in [1.807, 2.05) is 14.2 Å². The highest BCUT2D eigenvalue weighted by Crippen LogP contribution is 2.31. The lowest BCUT2D eigenvalue weighted by Gasteiger charge is -2.32. The van der Waals surface area contributed by atoms with E-state index in [1.165, 1.54) is 25.7 Å². The van der Waals surface area contributed by atoms with E-state index < -0.39 is 8.56 Å². The second-order valence-electron chi connectivity index (χ2n) is 4.34. The Hall–Kier alpha value is 0.137. The zero-order valence-corrected chi connectivity index (χ0v) is 12.1. The first-order valence-electron chi connectivity index (χ1n) is 6.27. The molecule has 0 rings (SSSR count). The Bertz CT molecular complexity index is 147. The third-order valence-corrected chi connectivity index (χ3v) is 7.78. The highest BCUT2D eigenvalue weighted by Gasteiger charge is 2.40. The molecule has 0 saturated carbocycles. The fourth-order valence-corrected chi connectivity index (χ4v) is 5.28. The average Bonchev–Trinajstić information content (AvgIpc) is 2.29. The molecule has 1 atom stereocenters. The van der Waals surface area contributed by atoms with Crippen molar-refractivity contribution in [1.29, 1.82) is 0 Å². The van der Waals surface area contributed by atoms with Crippen molar-refractivity contribution in [2.24, 2.45) is 0 Å². The molecule has 0 radical (unpaired) electrons. The van der Waals surface area contributed by atoms with Gasteiger partial charge >= 0.3 is 8.56 Å². The Morgan fingerprint density at radius 1 is 1.00 bits per heavy atom. The number of hydrogen-bond donors (Lipinski definition) is 0. The highest BCUT2D eigenvalue weighted by atomic mass is 28.4. The summed E-state index contributed by atoms with van der Waals surface area (Å²) in [5.74, 6) is 0. The summed E-state index contributed by atoms with van der Waals surface area (Å²) < 4.78 is 11.5. The molecule has 0 aromatic rings. The third-order valence-electron chi connectivity index (χ3n) is 3.43. The van der Waals surface area contributed by atoms with Crippen LogP contribution in [0.3, 0.4) is 0 Å². The van der Waals surface area contributed by atoms with E-state index in [-0.39, 0.29) is 0 Å². The van der Waals surface area contributed by atoms with Crippen molar-refractivity contribution in [2.45, 2.75) is 64.5 Å². The van der Waals surface area contributed by atoms with Crippen molar-refractivity contribution < 1.29 is 8.85 Å². The van der Waals surface area contributed by atoms with Crippen LogP contribution in [0.4, 0.5) is 0 Å². The maximum atomic E-state index is 5.74. The van der Waals surface area contributed by atoms with Crippen molar-refractivity contribution in [2.75, 3.05) is 14.2 Å². The molecule has 0 aliphatic rings. The molecule has 0 aromatic carbocycles. The summed E-state index contributed by atoms with van der Waals surface area (Å²) in [5.41, 5.74) is 0.592. The van der Waals surface area contributed by atoms with Crippen LogP contribution >= 0.6 is 0 Å². The smallest absolute Gasteiger partial charge is 0.340 e. The van der Waals surface area contributed by atoms with Crippen LogP contribution in [0.1, 0.15) is 52.9 Å².